The highest BCUT2D eigenvalue weighted by Gasteiger charge is 2.20. The first kappa shape index (κ1) is 17.2. The Hall–Kier alpha value is -2.25. The van der Waals surface area contributed by atoms with E-state index in [9.17, 15) is 0 Å². The summed E-state index contributed by atoms with van der Waals surface area (Å²) in [7, 11) is 0. The molecule has 0 amide bonds. The molecule has 0 fully saturated rings. The average molecular weight is 383 g/mol. The van der Waals surface area contributed by atoms with E-state index >= 15 is 0 Å². The molecule has 0 aliphatic rings. The third kappa shape index (κ3) is 3.37. The molecule has 7 heteroatoms. The first-order valence-electron chi connectivity index (χ1n) is 8.53. The van der Waals surface area contributed by atoms with E-state index in [4.69, 9.17) is 4.52 Å². The number of thioether (sulfide) groups is 1. The summed E-state index contributed by atoms with van der Waals surface area (Å²) in [5.74, 6) is 1.41. The average Bonchev–Trinajstić information content (AvgIpc) is 3.30. The first-order chi connectivity index (χ1) is 12.8. The molecule has 3 aromatic heterocycles. The predicted octanol–water partition coefficient (Wildman–Crippen LogP) is 5.55. The number of rotatable bonds is 6. The molecule has 0 aliphatic heterocycles. The van der Waals surface area contributed by atoms with Crippen molar-refractivity contribution >= 4 is 33.3 Å². The van der Waals surface area contributed by atoms with E-state index in [2.05, 4.69) is 51.5 Å². The molecule has 1 atom stereocenters. The van der Waals surface area contributed by atoms with E-state index in [-0.39, 0.29) is 5.25 Å². The molecule has 0 radical (unpaired) electrons. The number of benzene rings is 1. The van der Waals surface area contributed by atoms with Crippen LogP contribution in [0.25, 0.3) is 21.3 Å². The third-order valence-electron chi connectivity index (χ3n) is 4.01. The molecule has 0 bridgehead atoms. The Morgan fingerprint density at radius 2 is 2.04 bits per heavy atom. The summed E-state index contributed by atoms with van der Waals surface area (Å²) in [6.07, 6.45) is 3.46. The largest absolute Gasteiger partial charge is 0.338 e. The van der Waals surface area contributed by atoms with Crippen molar-refractivity contribution < 1.29 is 4.52 Å². The van der Waals surface area contributed by atoms with Gasteiger partial charge in [-0.3, -0.25) is 0 Å². The normalized spacial score (nSPS) is 12.5. The quantitative estimate of drug-likeness (QED) is 0.322. The maximum atomic E-state index is 5.44. The molecule has 5 nitrogen and oxygen atoms in total. The fraction of sp³-hybridized carbons (Fsp3) is 0.263. The van der Waals surface area contributed by atoms with Crippen LogP contribution < -0.4 is 0 Å². The van der Waals surface area contributed by atoms with Gasteiger partial charge in [-0.2, -0.15) is 4.98 Å². The van der Waals surface area contributed by atoms with Crippen molar-refractivity contribution in [3.63, 3.8) is 0 Å². The number of fused-ring (bicyclic) bond motifs is 1. The Bertz CT molecular complexity index is 1010. The predicted molar refractivity (Wildman–Crippen MR) is 105 cm³/mol. The number of hydrogen-bond donors (Lipinski definition) is 0. The summed E-state index contributed by atoms with van der Waals surface area (Å²) in [6, 6.07) is 10.3. The number of aromatic nitrogens is 4. The second-order valence-corrected chi connectivity index (χ2v) is 8.12. The third-order valence-corrected chi connectivity index (χ3v) is 5.99. The lowest BCUT2D eigenvalue weighted by Crippen LogP contribution is -1.93. The van der Waals surface area contributed by atoms with Crippen LogP contribution in [0.5, 0.6) is 0 Å². The molecule has 0 unspecified atom stereocenters. The topological polar surface area (TPSA) is 64.7 Å². The van der Waals surface area contributed by atoms with Crippen LogP contribution in [0.1, 0.15) is 37.2 Å². The van der Waals surface area contributed by atoms with Gasteiger partial charge in [-0.15, -0.1) is 11.3 Å². The number of thiophene rings is 1. The highest BCUT2D eigenvalue weighted by molar-refractivity contribution is 7.99. The van der Waals surface area contributed by atoms with E-state index in [1.165, 1.54) is 5.56 Å². The van der Waals surface area contributed by atoms with Crippen molar-refractivity contribution in [2.45, 2.75) is 37.0 Å². The van der Waals surface area contributed by atoms with Gasteiger partial charge in [0.2, 0.25) is 5.89 Å². The number of hydrogen-bond acceptors (Lipinski definition) is 7. The van der Waals surface area contributed by atoms with Crippen LogP contribution in [-0.4, -0.2) is 20.1 Å². The minimum atomic E-state index is 0.0229. The van der Waals surface area contributed by atoms with Crippen molar-refractivity contribution in [2.24, 2.45) is 0 Å². The fourth-order valence-electron chi connectivity index (χ4n) is 2.74. The van der Waals surface area contributed by atoms with Crippen molar-refractivity contribution in [3.05, 3.63) is 53.8 Å². The van der Waals surface area contributed by atoms with E-state index < -0.39 is 0 Å². The van der Waals surface area contributed by atoms with Gasteiger partial charge in [0.05, 0.1) is 10.6 Å². The molecule has 132 valence electrons. The van der Waals surface area contributed by atoms with Gasteiger partial charge in [0.15, 0.2) is 5.82 Å². The van der Waals surface area contributed by atoms with Gasteiger partial charge in [0.1, 0.15) is 16.2 Å². The number of aryl methyl sites for hydroxylation is 1. The molecule has 26 heavy (non-hydrogen) atoms. The van der Waals surface area contributed by atoms with E-state index in [1.807, 2.05) is 18.2 Å². The zero-order chi connectivity index (χ0) is 17.9. The Labute approximate surface area is 159 Å². The molecule has 0 aliphatic carbocycles. The molecule has 0 saturated carbocycles. The van der Waals surface area contributed by atoms with Crippen LogP contribution in [0.3, 0.4) is 0 Å². The minimum Gasteiger partial charge on any atom is -0.338 e. The van der Waals surface area contributed by atoms with E-state index in [0.29, 0.717) is 5.89 Å². The highest BCUT2D eigenvalue weighted by atomic mass is 32.2. The Balaban J connectivity index is 1.69. The van der Waals surface area contributed by atoms with Gasteiger partial charge in [-0.1, -0.05) is 54.2 Å². The summed E-state index contributed by atoms with van der Waals surface area (Å²) < 4.78 is 5.44. The molecule has 0 spiro atoms. The Kier molecular flexibility index (Phi) is 4.99. The molecule has 4 aromatic rings. The van der Waals surface area contributed by atoms with E-state index in [1.54, 1.807) is 29.4 Å². The lowest BCUT2D eigenvalue weighted by atomic mass is 10.1. The van der Waals surface area contributed by atoms with Crippen LogP contribution in [0.15, 0.2) is 51.6 Å². The van der Waals surface area contributed by atoms with Crippen LogP contribution in [0.4, 0.5) is 0 Å². The molecular formula is C19H18N4OS2. The summed E-state index contributed by atoms with van der Waals surface area (Å²) in [6.45, 7) is 4.17. The van der Waals surface area contributed by atoms with Gasteiger partial charge < -0.3 is 4.52 Å². The van der Waals surface area contributed by atoms with Crippen LogP contribution in [0, 0.1) is 0 Å². The van der Waals surface area contributed by atoms with Gasteiger partial charge in [-0.05, 0) is 18.9 Å². The van der Waals surface area contributed by atoms with Gasteiger partial charge in [0, 0.05) is 17.4 Å². The molecule has 0 N–H and O–H groups in total. The number of nitrogens with zero attached hydrogens (tertiary/aromatic N) is 4. The van der Waals surface area contributed by atoms with E-state index in [0.717, 1.165) is 39.5 Å². The molecular weight excluding hydrogens is 364 g/mol. The molecule has 0 saturated heterocycles. The van der Waals surface area contributed by atoms with Crippen molar-refractivity contribution in [3.8, 4) is 11.1 Å². The fourth-order valence-corrected chi connectivity index (χ4v) is 4.69. The zero-order valence-corrected chi connectivity index (χ0v) is 16.2. The SMILES string of the molecule is CCCc1noc([C@@H](C)Sc2ncnc3scc(-c4ccccc4)c23)n1. The van der Waals surface area contributed by atoms with Gasteiger partial charge in [-0.25, -0.2) is 9.97 Å². The summed E-state index contributed by atoms with van der Waals surface area (Å²) in [5.41, 5.74) is 2.34. The molecule has 3 heterocycles. The standard InChI is InChI=1S/C19H18N4OS2/c1-3-7-15-22-17(24-23-15)12(2)26-19-16-14(13-8-5-4-6-9-13)10-25-18(16)20-11-21-19/h4-6,8-12H,3,7H2,1-2H3/t12-/m1/s1. The maximum Gasteiger partial charge on any atom is 0.239 e. The van der Waals surface area contributed by atoms with Gasteiger partial charge >= 0.3 is 0 Å². The Morgan fingerprint density at radius 1 is 1.19 bits per heavy atom. The van der Waals surface area contributed by atoms with Crippen molar-refractivity contribution in [1.29, 1.82) is 0 Å². The highest BCUT2D eigenvalue weighted by Crippen LogP contribution is 2.42. The molecule has 1 aromatic carbocycles. The maximum absolute atomic E-state index is 5.44. The van der Waals surface area contributed by atoms with Crippen LogP contribution in [0.2, 0.25) is 0 Å². The van der Waals surface area contributed by atoms with Crippen molar-refractivity contribution in [1.82, 2.24) is 20.1 Å². The monoisotopic (exact) mass is 382 g/mol. The smallest absolute Gasteiger partial charge is 0.239 e. The van der Waals surface area contributed by atoms with Gasteiger partial charge in [0.25, 0.3) is 0 Å². The summed E-state index contributed by atoms with van der Waals surface area (Å²) >= 11 is 3.27. The second kappa shape index (κ2) is 7.55. The van der Waals surface area contributed by atoms with Crippen LogP contribution >= 0.6 is 23.1 Å². The lowest BCUT2D eigenvalue weighted by molar-refractivity contribution is 0.374. The Morgan fingerprint density at radius 3 is 2.85 bits per heavy atom. The molecule has 4 rings (SSSR count). The van der Waals surface area contributed by atoms with Crippen molar-refractivity contribution in [2.75, 3.05) is 0 Å². The second-order valence-electron chi connectivity index (χ2n) is 5.93. The minimum absolute atomic E-state index is 0.0229. The van der Waals surface area contributed by atoms with Crippen LogP contribution in [-0.2, 0) is 6.42 Å². The summed E-state index contributed by atoms with van der Waals surface area (Å²) in [5, 5.41) is 8.26. The summed E-state index contributed by atoms with van der Waals surface area (Å²) in [4.78, 5) is 14.5. The zero-order valence-electron chi connectivity index (χ0n) is 14.5. The first-order valence-corrected chi connectivity index (χ1v) is 10.3. The lowest BCUT2D eigenvalue weighted by Gasteiger charge is -2.08.